The summed E-state index contributed by atoms with van der Waals surface area (Å²) < 4.78 is 5.17. The van der Waals surface area contributed by atoms with Gasteiger partial charge in [-0.05, 0) is 13.3 Å². The predicted octanol–water partition coefficient (Wildman–Crippen LogP) is -0.373. The van der Waals surface area contributed by atoms with E-state index >= 15 is 0 Å². The van der Waals surface area contributed by atoms with Gasteiger partial charge in [0, 0.05) is 25.6 Å². The van der Waals surface area contributed by atoms with Crippen LogP contribution in [0, 0.1) is 0 Å². The first-order valence-corrected chi connectivity index (χ1v) is 5.36. The molecule has 0 radical (unpaired) electrons. The van der Waals surface area contributed by atoms with Crippen LogP contribution >= 0.6 is 0 Å². The van der Waals surface area contributed by atoms with Crippen LogP contribution in [0.1, 0.15) is 26.7 Å². The lowest BCUT2D eigenvalue weighted by atomic mass is 10.2. The molecule has 4 N–H and O–H groups in total. The van der Waals surface area contributed by atoms with Crippen LogP contribution in [0.2, 0.25) is 0 Å². The summed E-state index contributed by atoms with van der Waals surface area (Å²) in [6, 6.07) is -0.412. The zero-order chi connectivity index (χ0) is 11.7. The molecule has 0 aliphatic rings. The number of aliphatic hydroxyl groups is 1. The van der Waals surface area contributed by atoms with Gasteiger partial charge >= 0.3 is 0 Å². The van der Waals surface area contributed by atoms with Gasteiger partial charge in [-0.3, -0.25) is 4.79 Å². The number of carbonyl (C=O) groups excluding carboxylic acids is 1. The summed E-state index contributed by atoms with van der Waals surface area (Å²) in [6.45, 7) is 5.03. The smallest absolute Gasteiger partial charge is 0.222 e. The topological polar surface area (TPSA) is 84.6 Å². The van der Waals surface area contributed by atoms with E-state index in [0.717, 1.165) is 6.42 Å². The van der Waals surface area contributed by atoms with Gasteiger partial charge in [0.25, 0.3) is 0 Å². The highest BCUT2D eigenvalue weighted by atomic mass is 16.5. The van der Waals surface area contributed by atoms with Gasteiger partial charge in [-0.15, -0.1) is 0 Å². The average molecular weight is 218 g/mol. The van der Waals surface area contributed by atoms with Crippen molar-refractivity contribution in [2.45, 2.75) is 38.8 Å². The average Bonchev–Trinajstić information content (AvgIpc) is 2.20. The second-order valence-corrected chi connectivity index (χ2v) is 3.57. The first-order chi connectivity index (χ1) is 7.07. The molecule has 0 saturated heterocycles. The Morgan fingerprint density at radius 3 is 2.73 bits per heavy atom. The van der Waals surface area contributed by atoms with E-state index in [-0.39, 0.29) is 5.91 Å². The Hall–Kier alpha value is -0.650. The van der Waals surface area contributed by atoms with Crippen LogP contribution in [-0.4, -0.2) is 42.9 Å². The fourth-order valence-corrected chi connectivity index (χ4v) is 0.902. The molecule has 2 unspecified atom stereocenters. The maximum atomic E-state index is 11.2. The number of ether oxygens (including phenoxy) is 1. The van der Waals surface area contributed by atoms with Gasteiger partial charge < -0.3 is 20.9 Å². The Morgan fingerprint density at radius 2 is 2.20 bits per heavy atom. The Balaban J connectivity index is 3.41. The van der Waals surface area contributed by atoms with Crippen molar-refractivity contribution in [3.05, 3.63) is 0 Å². The van der Waals surface area contributed by atoms with Crippen molar-refractivity contribution >= 4 is 5.91 Å². The molecule has 5 heteroatoms. The molecule has 0 aromatic rings. The first kappa shape index (κ1) is 14.3. The zero-order valence-corrected chi connectivity index (χ0v) is 9.53. The molecular formula is C10H22N2O3. The minimum atomic E-state index is -0.610. The monoisotopic (exact) mass is 218 g/mol. The van der Waals surface area contributed by atoms with Crippen LogP contribution in [0.25, 0.3) is 0 Å². The third-order valence-corrected chi connectivity index (χ3v) is 1.98. The number of nitrogens with one attached hydrogen (secondary N) is 1. The molecule has 0 fully saturated rings. The molecule has 0 spiro atoms. The Kier molecular flexibility index (Phi) is 8.27. The van der Waals surface area contributed by atoms with Crippen LogP contribution in [0.15, 0.2) is 0 Å². The highest BCUT2D eigenvalue weighted by Gasteiger charge is 2.10. The lowest BCUT2D eigenvalue weighted by Gasteiger charge is -2.15. The SMILES string of the molecule is CCCOCCC(=O)NCC(N)C(C)O. The number of hydrogen-bond donors (Lipinski definition) is 3. The predicted molar refractivity (Wildman–Crippen MR) is 58.4 cm³/mol. The molecule has 90 valence electrons. The van der Waals surface area contributed by atoms with Crippen molar-refractivity contribution in [1.82, 2.24) is 5.32 Å². The quantitative estimate of drug-likeness (QED) is 0.485. The van der Waals surface area contributed by atoms with Crippen molar-refractivity contribution in [2.75, 3.05) is 19.8 Å². The fourth-order valence-electron chi connectivity index (χ4n) is 0.902. The molecule has 0 rings (SSSR count). The van der Waals surface area contributed by atoms with Gasteiger partial charge in [-0.2, -0.15) is 0 Å². The van der Waals surface area contributed by atoms with Crippen LogP contribution in [0.4, 0.5) is 0 Å². The summed E-state index contributed by atoms with van der Waals surface area (Å²) in [5.41, 5.74) is 5.55. The van der Waals surface area contributed by atoms with E-state index in [1.165, 1.54) is 0 Å². The van der Waals surface area contributed by atoms with Gasteiger partial charge in [-0.25, -0.2) is 0 Å². The second kappa shape index (κ2) is 8.64. The number of rotatable bonds is 8. The molecule has 0 aliphatic heterocycles. The van der Waals surface area contributed by atoms with Crippen LogP contribution in [0.5, 0.6) is 0 Å². The minimum Gasteiger partial charge on any atom is -0.392 e. The van der Waals surface area contributed by atoms with E-state index in [0.29, 0.717) is 26.2 Å². The minimum absolute atomic E-state index is 0.0952. The van der Waals surface area contributed by atoms with Gasteiger partial charge in [0.05, 0.1) is 12.7 Å². The molecule has 0 saturated carbocycles. The molecule has 0 aromatic carbocycles. The Labute approximate surface area is 91.0 Å². The van der Waals surface area contributed by atoms with E-state index in [9.17, 15) is 4.79 Å². The number of amides is 1. The van der Waals surface area contributed by atoms with Crippen molar-refractivity contribution in [2.24, 2.45) is 5.73 Å². The van der Waals surface area contributed by atoms with E-state index in [4.69, 9.17) is 15.6 Å². The third-order valence-electron chi connectivity index (χ3n) is 1.98. The first-order valence-electron chi connectivity index (χ1n) is 5.36. The van der Waals surface area contributed by atoms with E-state index in [1.54, 1.807) is 6.92 Å². The van der Waals surface area contributed by atoms with Gasteiger partial charge in [0.15, 0.2) is 0 Å². The molecule has 1 amide bonds. The zero-order valence-electron chi connectivity index (χ0n) is 9.53. The Bertz CT molecular complexity index is 174. The standard InChI is InChI=1S/C10H22N2O3/c1-3-5-15-6-4-10(14)12-7-9(11)8(2)13/h8-9,13H,3-7,11H2,1-2H3,(H,12,14). The maximum Gasteiger partial charge on any atom is 0.222 e. The van der Waals surface area contributed by atoms with Crippen molar-refractivity contribution in [3.8, 4) is 0 Å². The molecule has 15 heavy (non-hydrogen) atoms. The van der Waals surface area contributed by atoms with Crippen molar-refractivity contribution in [3.63, 3.8) is 0 Å². The van der Waals surface area contributed by atoms with Crippen LogP contribution < -0.4 is 11.1 Å². The lowest BCUT2D eigenvalue weighted by molar-refractivity contribution is -0.122. The summed E-state index contributed by atoms with van der Waals surface area (Å²) >= 11 is 0. The Morgan fingerprint density at radius 1 is 1.53 bits per heavy atom. The molecule has 5 nitrogen and oxygen atoms in total. The summed E-state index contributed by atoms with van der Waals surface area (Å²) in [5, 5.41) is 11.7. The van der Waals surface area contributed by atoms with E-state index < -0.39 is 12.1 Å². The maximum absolute atomic E-state index is 11.2. The largest absolute Gasteiger partial charge is 0.392 e. The second-order valence-electron chi connectivity index (χ2n) is 3.57. The van der Waals surface area contributed by atoms with E-state index in [2.05, 4.69) is 5.32 Å². The number of carbonyl (C=O) groups is 1. The van der Waals surface area contributed by atoms with Gasteiger partial charge in [-0.1, -0.05) is 6.92 Å². The summed E-state index contributed by atoms with van der Waals surface area (Å²) in [7, 11) is 0. The molecule has 0 aromatic heterocycles. The lowest BCUT2D eigenvalue weighted by Crippen LogP contribution is -2.43. The summed E-state index contributed by atoms with van der Waals surface area (Å²) in [4.78, 5) is 11.2. The van der Waals surface area contributed by atoms with Crippen LogP contribution in [-0.2, 0) is 9.53 Å². The highest BCUT2D eigenvalue weighted by molar-refractivity contribution is 5.75. The summed E-state index contributed by atoms with van der Waals surface area (Å²) in [5.74, 6) is -0.0952. The normalized spacial score (nSPS) is 14.7. The van der Waals surface area contributed by atoms with Crippen molar-refractivity contribution < 1.29 is 14.6 Å². The van der Waals surface area contributed by atoms with Gasteiger partial charge in [0.1, 0.15) is 0 Å². The fraction of sp³-hybridized carbons (Fsp3) is 0.900. The molecule has 2 atom stereocenters. The molecular weight excluding hydrogens is 196 g/mol. The third kappa shape index (κ3) is 8.35. The number of nitrogens with two attached hydrogens (primary N) is 1. The van der Waals surface area contributed by atoms with Crippen molar-refractivity contribution in [1.29, 1.82) is 0 Å². The van der Waals surface area contributed by atoms with Crippen LogP contribution in [0.3, 0.4) is 0 Å². The number of aliphatic hydroxyl groups excluding tert-OH is 1. The molecule has 0 aliphatic carbocycles. The number of hydrogen-bond acceptors (Lipinski definition) is 4. The summed E-state index contributed by atoms with van der Waals surface area (Å²) in [6.07, 6.45) is 0.683. The highest BCUT2D eigenvalue weighted by Crippen LogP contribution is 1.88. The van der Waals surface area contributed by atoms with E-state index in [1.807, 2.05) is 6.92 Å². The molecule has 0 bridgehead atoms. The van der Waals surface area contributed by atoms with Gasteiger partial charge in [0.2, 0.25) is 5.91 Å². The molecule has 0 heterocycles.